The van der Waals surface area contributed by atoms with E-state index in [1.807, 2.05) is 73.6 Å². The molecule has 2 aromatic rings. The molecule has 5 heteroatoms. The summed E-state index contributed by atoms with van der Waals surface area (Å²) in [6.45, 7) is 0.809. The fourth-order valence-corrected chi connectivity index (χ4v) is 4.82. The van der Waals surface area contributed by atoms with Crippen LogP contribution in [0.2, 0.25) is 0 Å². The van der Waals surface area contributed by atoms with E-state index in [0.717, 1.165) is 11.3 Å². The van der Waals surface area contributed by atoms with E-state index in [-0.39, 0.29) is 24.3 Å². The number of carbonyl (C=O) groups is 1. The minimum atomic E-state index is -0.624. The van der Waals surface area contributed by atoms with Gasteiger partial charge in [-0.2, -0.15) is 0 Å². The molecule has 2 aliphatic rings. The smallest absolute Gasteiger partial charge is 0.254 e. The number of β-amino-alcohol motifs (C(OH)–C–C–N with tert-alkyl or cyclic N) is 1. The van der Waals surface area contributed by atoms with Crippen molar-refractivity contribution < 1.29 is 15.0 Å². The maximum absolute atomic E-state index is 13.1. The summed E-state index contributed by atoms with van der Waals surface area (Å²) in [5.74, 6) is 0.00967. The van der Waals surface area contributed by atoms with Crippen molar-refractivity contribution in [1.29, 1.82) is 0 Å². The average Bonchev–Trinajstić information content (AvgIpc) is 3.23. The third kappa shape index (κ3) is 2.82. The van der Waals surface area contributed by atoms with E-state index >= 15 is 0 Å². The third-order valence-electron chi connectivity index (χ3n) is 6.29. The lowest BCUT2D eigenvalue weighted by Gasteiger charge is -2.18. The van der Waals surface area contributed by atoms with Gasteiger partial charge in [0.05, 0.1) is 6.10 Å². The van der Waals surface area contributed by atoms with Gasteiger partial charge in [-0.3, -0.25) is 4.79 Å². The molecule has 1 aliphatic heterocycles. The third-order valence-corrected chi connectivity index (χ3v) is 6.29. The maximum atomic E-state index is 13.1. The van der Waals surface area contributed by atoms with Gasteiger partial charge in [-0.1, -0.05) is 36.4 Å². The number of rotatable bonds is 4. The summed E-state index contributed by atoms with van der Waals surface area (Å²) in [5, 5.41) is 20.7. The van der Waals surface area contributed by atoms with Gasteiger partial charge in [0.15, 0.2) is 0 Å². The predicted octanol–water partition coefficient (Wildman–Crippen LogP) is 1.96. The van der Waals surface area contributed by atoms with Gasteiger partial charge in [0.1, 0.15) is 0 Å². The highest BCUT2D eigenvalue weighted by Gasteiger charge is 2.71. The molecule has 0 unspecified atom stereocenters. The summed E-state index contributed by atoms with van der Waals surface area (Å²) in [5.41, 5.74) is 2.28. The Kier molecular flexibility index (Phi) is 4.44. The molecular formula is C22H26N2O3. The van der Waals surface area contributed by atoms with Crippen molar-refractivity contribution in [3.8, 4) is 0 Å². The number of carbonyl (C=O) groups excluding carboxylic acids is 1. The van der Waals surface area contributed by atoms with E-state index in [9.17, 15) is 15.0 Å². The fourth-order valence-electron chi connectivity index (χ4n) is 4.82. The molecule has 0 radical (unpaired) electrons. The molecule has 1 heterocycles. The minimum Gasteiger partial charge on any atom is -0.396 e. The number of nitrogens with zero attached hydrogens (tertiary/aromatic N) is 2. The van der Waals surface area contributed by atoms with Gasteiger partial charge in [-0.25, -0.2) is 0 Å². The molecule has 1 saturated heterocycles. The molecule has 4 rings (SSSR count). The van der Waals surface area contributed by atoms with E-state index < -0.39 is 11.5 Å². The van der Waals surface area contributed by atoms with E-state index in [1.165, 1.54) is 0 Å². The monoisotopic (exact) mass is 366 g/mol. The van der Waals surface area contributed by atoms with Crippen LogP contribution in [0.1, 0.15) is 21.8 Å². The van der Waals surface area contributed by atoms with E-state index in [4.69, 9.17) is 0 Å². The number of amides is 1. The molecule has 142 valence electrons. The summed E-state index contributed by atoms with van der Waals surface area (Å²) in [4.78, 5) is 16.8. The zero-order valence-electron chi connectivity index (χ0n) is 15.7. The Bertz CT molecular complexity index is 838. The number of aliphatic hydroxyl groups excluding tert-OH is 2. The molecule has 0 aromatic heterocycles. The topological polar surface area (TPSA) is 64.0 Å². The summed E-state index contributed by atoms with van der Waals surface area (Å²) in [7, 11) is 3.89. The maximum Gasteiger partial charge on any atom is 0.254 e. The lowest BCUT2D eigenvalue weighted by Crippen LogP contribution is -2.30. The van der Waals surface area contributed by atoms with Gasteiger partial charge in [0.2, 0.25) is 0 Å². The first-order valence-electron chi connectivity index (χ1n) is 9.39. The lowest BCUT2D eigenvalue weighted by atomic mass is 9.95. The van der Waals surface area contributed by atoms with Crippen LogP contribution in [-0.4, -0.2) is 60.9 Å². The number of anilines is 1. The first-order valence-corrected chi connectivity index (χ1v) is 9.39. The van der Waals surface area contributed by atoms with Gasteiger partial charge < -0.3 is 20.0 Å². The van der Waals surface area contributed by atoms with Crippen molar-refractivity contribution in [2.75, 3.05) is 38.7 Å². The van der Waals surface area contributed by atoms with Gasteiger partial charge in [-0.05, 0) is 35.6 Å². The second-order valence-corrected chi connectivity index (χ2v) is 7.94. The summed E-state index contributed by atoms with van der Waals surface area (Å²) < 4.78 is 0. The predicted molar refractivity (Wildman–Crippen MR) is 105 cm³/mol. The molecule has 27 heavy (non-hydrogen) atoms. The van der Waals surface area contributed by atoms with E-state index in [2.05, 4.69) is 0 Å². The molecule has 2 fully saturated rings. The van der Waals surface area contributed by atoms with Crippen LogP contribution < -0.4 is 4.90 Å². The highest BCUT2D eigenvalue weighted by atomic mass is 16.3. The summed E-state index contributed by atoms with van der Waals surface area (Å²) in [6.07, 6.45) is -0.624. The van der Waals surface area contributed by atoms with Crippen LogP contribution in [0.3, 0.4) is 0 Å². The molecular weight excluding hydrogens is 340 g/mol. The Balaban J connectivity index is 1.58. The molecule has 1 saturated carbocycles. The van der Waals surface area contributed by atoms with Gasteiger partial charge >= 0.3 is 0 Å². The molecule has 4 atom stereocenters. The molecule has 5 nitrogen and oxygen atoms in total. The van der Waals surface area contributed by atoms with Crippen molar-refractivity contribution in [2.24, 2.45) is 11.3 Å². The average molecular weight is 366 g/mol. The Morgan fingerprint density at radius 1 is 1.19 bits per heavy atom. The van der Waals surface area contributed by atoms with Crippen LogP contribution in [0.15, 0.2) is 54.6 Å². The van der Waals surface area contributed by atoms with Gasteiger partial charge in [0.25, 0.3) is 5.91 Å². The van der Waals surface area contributed by atoms with Crippen LogP contribution in [0.25, 0.3) is 0 Å². The van der Waals surface area contributed by atoms with Crippen molar-refractivity contribution >= 4 is 11.6 Å². The Labute approximate surface area is 159 Å². The SMILES string of the molecule is CN(C)c1cccc(C(=O)N2C[C@@H](O)[C@@]3(C2)[C@H](CO)[C@H]3c2ccccc2)c1. The van der Waals surface area contributed by atoms with E-state index in [0.29, 0.717) is 18.7 Å². The molecule has 1 amide bonds. The van der Waals surface area contributed by atoms with E-state index in [1.54, 1.807) is 4.90 Å². The minimum absolute atomic E-state index is 0.0131. The Hall–Kier alpha value is -2.37. The van der Waals surface area contributed by atoms with Crippen molar-refractivity contribution in [1.82, 2.24) is 4.90 Å². The molecule has 1 spiro atoms. The Morgan fingerprint density at radius 2 is 1.93 bits per heavy atom. The zero-order chi connectivity index (χ0) is 19.2. The standard InChI is InChI=1S/C22H26N2O3/c1-23(2)17-10-6-9-16(11-17)21(27)24-12-19(26)22(14-24)18(13-25)20(22)15-7-4-3-5-8-15/h3-11,18-20,25-26H,12-14H2,1-2H3/t18-,19-,20-,22-/m1/s1. The second kappa shape index (κ2) is 6.66. The number of likely N-dealkylation sites (tertiary alicyclic amines) is 1. The van der Waals surface area contributed by atoms with Gasteiger partial charge in [-0.15, -0.1) is 0 Å². The van der Waals surface area contributed by atoms with Crippen LogP contribution >= 0.6 is 0 Å². The quantitative estimate of drug-likeness (QED) is 0.868. The van der Waals surface area contributed by atoms with Crippen LogP contribution in [0.4, 0.5) is 5.69 Å². The largest absolute Gasteiger partial charge is 0.396 e. The van der Waals surface area contributed by atoms with Crippen molar-refractivity contribution in [3.63, 3.8) is 0 Å². The summed E-state index contributed by atoms with van der Waals surface area (Å²) in [6, 6.07) is 17.5. The van der Waals surface area contributed by atoms with Crippen molar-refractivity contribution in [2.45, 2.75) is 12.0 Å². The number of aliphatic hydroxyl groups is 2. The van der Waals surface area contributed by atoms with Crippen LogP contribution in [-0.2, 0) is 0 Å². The summed E-state index contributed by atoms with van der Waals surface area (Å²) >= 11 is 0. The Morgan fingerprint density at radius 3 is 2.59 bits per heavy atom. The molecule has 1 aliphatic carbocycles. The number of hydrogen-bond donors (Lipinski definition) is 2. The molecule has 0 bridgehead atoms. The zero-order valence-corrected chi connectivity index (χ0v) is 15.7. The van der Waals surface area contributed by atoms with Crippen molar-refractivity contribution in [3.05, 3.63) is 65.7 Å². The van der Waals surface area contributed by atoms with Crippen LogP contribution in [0.5, 0.6) is 0 Å². The first-order chi connectivity index (χ1) is 13.0. The highest BCUT2D eigenvalue weighted by Crippen LogP contribution is 2.68. The lowest BCUT2D eigenvalue weighted by molar-refractivity contribution is 0.0764. The molecule has 2 N–H and O–H groups in total. The fraction of sp³-hybridized carbons (Fsp3) is 0.409. The first kappa shape index (κ1) is 18.0. The molecule has 2 aromatic carbocycles. The second-order valence-electron chi connectivity index (χ2n) is 7.94. The normalized spacial score (nSPS) is 29.2. The number of benzene rings is 2. The number of hydrogen-bond acceptors (Lipinski definition) is 4. The highest BCUT2D eigenvalue weighted by molar-refractivity contribution is 5.95. The van der Waals surface area contributed by atoms with Crippen LogP contribution in [0, 0.1) is 11.3 Å². The van der Waals surface area contributed by atoms with Gasteiger partial charge in [0, 0.05) is 50.5 Å².